The SMILES string of the molecule is O=C(Nc1ccc(F)c(Cl)c1)NC1(c2ccc3c(c2)OCCO3)CC1. The van der Waals surface area contributed by atoms with Crippen molar-refractivity contribution >= 4 is 23.3 Å². The van der Waals surface area contributed by atoms with Gasteiger partial charge in [0.25, 0.3) is 0 Å². The van der Waals surface area contributed by atoms with Crippen LogP contribution >= 0.6 is 11.6 Å². The first-order valence-corrected chi connectivity index (χ1v) is 8.38. The summed E-state index contributed by atoms with van der Waals surface area (Å²) in [5.74, 6) is 0.890. The second-order valence-corrected chi connectivity index (χ2v) is 6.56. The number of halogens is 2. The van der Waals surface area contributed by atoms with E-state index in [1.807, 2.05) is 18.2 Å². The maximum atomic E-state index is 13.2. The molecule has 0 spiro atoms. The van der Waals surface area contributed by atoms with E-state index in [1.54, 1.807) is 0 Å². The summed E-state index contributed by atoms with van der Waals surface area (Å²) in [5, 5.41) is 5.63. The van der Waals surface area contributed by atoms with Crippen molar-refractivity contribution in [3.8, 4) is 11.5 Å². The Hall–Kier alpha value is -2.47. The van der Waals surface area contributed by atoms with Crippen molar-refractivity contribution in [2.24, 2.45) is 0 Å². The van der Waals surface area contributed by atoms with Crippen molar-refractivity contribution in [2.75, 3.05) is 18.5 Å². The molecule has 1 saturated carbocycles. The molecule has 0 unspecified atom stereocenters. The zero-order valence-corrected chi connectivity index (χ0v) is 14.0. The largest absolute Gasteiger partial charge is 0.486 e. The van der Waals surface area contributed by atoms with E-state index < -0.39 is 11.4 Å². The van der Waals surface area contributed by atoms with Gasteiger partial charge in [0, 0.05) is 5.69 Å². The summed E-state index contributed by atoms with van der Waals surface area (Å²) in [6.45, 7) is 1.06. The highest BCUT2D eigenvalue weighted by Crippen LogP contribution is 2.47. The van der Waals surface area contributed by atoms with E-state index in [-0.39, 0.29) is 11.1 Å². The number of nitrogens with one attached hydrogen (secondary N) is 2. The third-order valence-corrected chi connectivity index (χ3v) is 4.66. The first-order chi connectivity index (χ1) is 12.1. The van der Waals surface area contributed by atoms with E-state index in [0.29, 0.717) is 24.7 Å². The van der Waals surface area contributed by atoms with E-state index in [2.05, 4.69) is 10.6 Å². The van der Waals surface area contributed by atoms with Gasteiger partial charge in [-0.15, -0.1) is 0 Å². The smallest absolute Gasteiger partial charge is 0.319 e. The molecule has 2 aromatic carbocycles. The molecule has 0 bridgehead atoms. The van der Waals surface area contributed by atoms with Crippen molar-refractivity contribution < 1.29 is 18.7 Å². The predicted molar refractivity (Wildman–Crippen MR) is 91.9 cm³/mol. The van der Waals surface area contributed by atoms with Crippen molar-refractivity contribution in [3.63, 3.8) is 0 Å². The lowest BCUT2D eigenvalue weighted by atomic mass is 10.0. The van der Waals surface area contributed by atoms with Crippen molar-refractivity contribution in [1.29, 1.82) is 0 Å². The molecule has 1 aliphatic carbocycles. The molecule has 1 fully saturated rings. The molecule has 1 aliphatic heterocycles. The number of rotatable bonds is 3. The summed E-state index contributed by atoms with van der Waals surface area (Å²) in [4.78, 5) is 12.3. The van der Waals surface area contributed by atoms with Crippen molar-refractivity contribution in [3.05, 3.63) is 52.8 Å². The molecule has 2 aliphatic rings. The van der Waals surface area contributed by atoms with Crippen LogP contribution < -0.4 is 20.1 Å². The van der Waals surface area contributed by atoms with Crippen LogP contribution in [0.3, 0.4) is 0 Å². The van der Waals surface area contributed by atoms with Crippen LogP contribution in [-0.2, 0) is 5.54 Å². The molecule has 2 aromatic rings. The molecule has 2 N–H and O–H groups in total. The minimum atomic E-state index is -0.525. The minimum Gasteiger partial charge on any atom is -0.486 e. The Morgan fingerprint density at radius 2 is 1.84 bits per heavy atom. The summed E-state index contributed by atoms with van der Waals surface area (Å²) >= 11 is 5.73. The summed E-state index contributed by atoms with van der Waals surface area (Å²) in [7, 11) is 0. The number of ether oxygens (including phenoxy) is 2. The number of amides is 2. The van der Waals surface area contributed by atoms with E-state index in [0.717, 1.165) is 24.2 Å². The van der Waals surface area contributed by atoms with Crippen LogP contribution in [0.15, 0.2) is 36.4 Å². The van der Waals surface area contributed by atoms with Gasteiger partial charge in [-0.3, -0.25) is 0 Å². The van der Waals surface area contributed by atoms with E-state index in [9.17, 15) is 9.18 Å². The Labute approximate surface area is 149 Å². The number of fused-ring (bicyclic) bond motifs is 1. The van der Waals surface area contributed by atoms with E-state index in [4.69, 9.17) is 21.1 Å². The highest BCUT2D eigenvalue weighted by Gasteiger charge is 2.46. The fraction of sp³-hybridized carbons (Fsp3) is 0.278. The summed E-state index contributed by atoms with van der Waals surface area (Å²) < 4.78 is 24.3. The Bertz CT molecular complexity index is 839. The first kappa shape index (κ1) is 16.0. The number of carbonyl (C=O) groups is 1. The van der Waals surface area contributed by atoms with Crippen LogP contribution in [-0.4, -0.2) is 19.2 Å². The van der Waals surface area contributed by atoms with Gasteiger partial charge in [0.15, 0.2) is 11.5 Å². The lowest BCUT2D eigenvalue weighted by Crippen LogP contribution is -2.38. The monoisotopic (exact) mass is 362 g/mol. The Morgan fingerprint density at radius 3 is 2.56 bits per heavy atom. The molecule has 25 heavy (non-hydrogen) atoms. The number of carbonyl (C=O) groups excluding carboxylic acids is 1. The third-order valence-electron chi connectivity index (χ3n) is 4.38. The van der Waals surface area contributed by atoms with E-state index in [1.165, 1.54) is 18.2 Å². The Balaban J connectivity index is 1.48. The molecule has 1 heterocycles. The average molecular weight is 363 g/mol. The molecule has 0 aromatic heterocycles. The molecular weight excluding hydrogens is 347 g/mol. The summed E-state index contributed by atoms with van der Waals surface area (Å²) in [6, 6.07) is 9.40. The molecule has 130 valence electrons. The molecule has 5 nitrogen and oxygen atoms in total. The number of urea groups is 1. The normalized spacial score (nSPS) is 16.9. The van der Waals surface area contributed by atoms with Crippen LogP contribution in [0.2, 0.25) is 5.02 Å². The van der Waals surface area contributed by atoms with Crippen LogP contribution in [0.1, 0.15) is 18.4 Å². The van der Waals surface area contributed by atoms with Crippen molar-refractivity contribution in [2.45, 2.75) is 18.4 Å². The fourth-order valence-electron chi connectivity index (χ4n) is 2.91. The lowest BCUT2D eigenvalue weighted by Gasteiger charge is -2.23. The molecule has 4 rings (SSSR count). The second kappa shape index (κ2) is 6.11. The molecule has 0 radical (unpaired) electrons. The van der Waals surface area contributed by atoms with E-state index >= 15 is 0 Å². The molecule has 7 heteroatoms. The van der Waals surface area contributed by atoms with Crippen molar-refractivity contribution in [1.82, 2.24) is 5.32 Å². The quantitative estimate of drug-likeness (QED) is 0.865. The van der Waals surface area contributed by atoms with Gasteiger partial charge in [-0.2, -0.15) is 0 Å². The maximum Gasteiger partial charge on any atom is 0.319 e. The number of anilines is 1. The maximum absolute atomic E-state index is 13.2. The minimum absolute atomic E-state index is 0.0363. The first-order valence-electron chi connectivity index (χ1n) is 8.00. The highest BCUT2D eigenvalue weighted by molar-refractivity contribution is 6.31. The van der Waals surface area contributed by atoms with Gasteiger partial charge in [-0.25, -0.2) is 9.18 Å². The lowest BCUT2D eigenvalue weighted by molar-refractivity contribution is 0.171. The van der Waals surface area contributed by atoms with Crippen LogP contribution in [0.4, 0.5) is 14.9 Å². The van der Waals surface area contributed by atoms with Gasteiger partial charge in [0.1, 0.15) is 19.0 Å². The Kier molecular flexibility index (Phi) is 3.92. The molecule has 2 amide bonds. The fourth-order valence-corrected chi connectivity index (χ4v) is 3.09. The summed E-state index contributed by atoms with van der Waals surface area (Å²) in [6.07, 6.45) is 1.68. The molecule has 0 atom stereocenters. The van der Waals surface area contributed by atoms with Gasteiger partial charge in [-0.05, 0) is 48.7 Å². The standard InChI is InChI=1S/C18H16ClFN2O3/c19-13-10-12(2-3-14(13)20)21-17(23)22-18(5-6-18)11-1-4-15-16(9-11)25-8-7-24-15/h1-4,9-10H,5-8H2,(H2,21,22,23). The number of hydrogen-bond donors (Lipinski definition) is 2. The number of benzene rings is 2. The zero-order chi connectivity index (χ0) is 17.4. The Morgan fingerprint density at radius 1 is 1.08 bits per heavy atom. The van der Waals surface area contributed by atoms with Gasteiger partial charge < -0.3 is 20.1 Å². The second-order valence-electron chi connectivity index (χ2n) is 6.15. The van der Waals surface area contributed by atoms with Gasteiger partial charge in [0.05, 0.1) is 10.6 Å². The van der Waals surface area contributed by atoms with Gasteiger partial charge >= 0.3 is 6.03 Å². The summed E-state index contributed by atoms with van der Waals surface area (Å²) in [5.41, 5.74) is 0.995. The van der Waals surface area contributed by atoms with Crippen LogP contribution in [0.5, 0.6) is 11.5 Å². The molecule has 0 saturated heterocycles. The third kappa shape index (κ3) is 3.22. The van der Waals surface area contributed by atoms with Gasteiger partial charge in [-0.1, -0.05) is 17.7 Å². The van der Waals surface area contributed by atoms with Gasteiger partial charge in [0.2, 0.25) is 0 Å². The number of hydrogen-bond acceptors (Lipinski definition) is 3. The molecular formula is C18H16ClFN2O3. The predicted octanol–water partition coefficient (Wildman–Crippen LogP) is 4.06. The average Bonchev–Trinajstić information content (AvgIpc) is 3.38. The van der Waals surface area contributed by atoms with Crippen LogP contribution in [0.25, 0.3) is 0 Å². The zero-order valence-electron chi connectivity index (χ0n) is 13.3. The highest BCUT2D eigenvalue weighted by atomic mass is 35.5. The topological polar surface area (TPSA) is 59.6 Å². The van der Waals surface area contributed by atoms with Crippen LogP contribution in [0, 0.1) is 5.82 Å².